The minimum atomic E-state index is -0.385. The smallest absolute Gasteiger partial charge is 0.313 e. The SMILES string of the molecule is CCCC(=O)OC(=O)CCCCCCCCCCCCCCc1ccccc1. The molecule has 3 heteroatoms. The van der Waals surface area contributed by atoms with E-state index in [0.717, 1.165) is 19.3 Å². The van der Waals surface area contributed by atoms with Crippen molar-refractivity contribution in [3.63, 3.8) is 0 Å². The second-order valence-electron chi connectivity index (χ2n) is 7.82. The highest BCUT2D eigenvalue weighted by Gasteiger charge is 2.08. The lowest BCUT2D eigenvalue weighted by Gasteiger charge is -2.04. The van der Waals surface area contributed by atoms with Crippen molar-refractivity contribution in [2.75, 3.05) is 0 Å². The summed E-state index contributed by atoms with van der Waals surface area (Å²) < 4.78 is 4.74. The molecule has 3 nitrogen and oxygen atoms in total. The van der Waals surface area contributed by atoms with Gasteiger partial charge in [-0.2, -0.15) is 0 Å². The van der Waals surface area contributed by atoms with Crippen LogP contribution in [0.1, 0.15) is 109 Å². The summed E-state index contributed by atoms with van der Waals surface area (Å²) in [5, 5.41) is 0. The van der Waals surface area contributed by atoms with Gasteiger partial charge < -0.3 is 4.74 Å². The molecule has 0 saturated heterocycles. The summed E-state index contributed by atoms with van der Waals surface area (Å²) in [5.41, 5.74) is 1.46. The normalized spacial score (nSPS) is 10.8. The molecule has 0 amide bonds. The Balaban J connectivity index is 1.77. The zero-order valence-electron chi connectivity index (χ0n) is 17.9. The predicted molar refractivity (Wildman–Crippen MR) is 116 cm³/mol. The third-order valence-electron chi connectivity index (χ3n) is 5.12. The molecule has 28 heavy (non-hydrogen) atoms. The van der Waals surface area contributed by atoms with Gasteiger partial charge in [0.2, 0.25) is 0 Å². The van der Waals surface area contributed by atoms with Crippen molar-refractivity contribution in [1.29, 1.82) is 0 Å². The summed E-state index contributed by atoms with van der Waals surface area (Å²) >= 11 is 0. The van der Waals surface area contributed by atoms with Gasteiger partial charge >= 0.3 is 11.9 Å². The van der Waals surface area contributed by atoms with Crippen LogP contribution in [0.4, 0.5) is 0 Å². The number of carbonyl (C=O) groups is 2. The molecule has 0 spiro atoms. The number of aryl methyl sites for hydroxylation is 1. The first-order valence-electron chi connectivity index (χ1n) is 11.5. The molecule has 0 N–H and O–H groups in total. The van der Waals surface area contributed by atoms with Gasteiger partial charge in [0.15, 0.2) is 0 Å². The van der Waals surface area contributed by atoms with Crippen molar-refractivity contribution < 1.29 is 14.3 Å². The summed E-state index contributed by atoms with van der Waals surface area (Å²) in [6.45, 7) is 1.90. The first-order chi connectivity index (χ1) is 13.7. The van der Waals surface area contributed by atoms with Gasteiger partial charge in [-0.15, -0.1) is 0 Å². The van der Waals surface area contributed by atoms with Crippen LogP contribution in [0.3, 0.4) is 0 Å². The Morgan fingerprint density at radius 1 is 0.643 bits per heavy atom. The second-order valence-corrected chi connectivity index (χ2v) is 7.82. The summed E-state index contributed by atoms with van der Waals surface area (Å²) in [5.74, 6) is -0.745. The molecule has 0 aliphatic carbocycles. The molecule has 0 bridgehead atoms. The third kappa shape index (κ3) is 14.4. The molecule has 158 valence electrons. The highest BCUT2D eigenvalue weighted by molar-refractivity contribution is 5.85. The van der Waals surface area contributed by atoms with Crippen LogP contribution in [0.15, 0.2) is 30.3 Å². The van der Waals surface area contributed by atoms with E-state index in [4.69, 9.17) is 4.74 Å². The molecule has 0 aliphatic rings. The predicted octanol–water partition coefficient (Wildman–Crippen LogP) is 7.17. The molecular weight excluding hydrogens is 348 g/mol. The van der Waals surface area contributed by atoms with Crippen LogP contribution in [0, 0.1) is 0 Å². The first-order valence-corrected chi connectivity index (χ1v) is 11.5. The number of hydrogen-bond donors (Lipinski definition) is 0. The molecule has 0 fully saturated rings. The molecule has 1 rings (SSSR count). The van der Waals surface area contributed by atoms with Gasteiger partial charge in [0, 0.05) is 12.8 Å². The average molecular weight is 389 g/mol. The molecule has 0 aromatic heterocycles. The minimum absolute atomic E-state index is 0.333. The Labute approximate surface area is 172 Å². The van der Waals surface area contributed by atoms with Crippen LogP contribution in [-0.2, 0) is 20.7 Å². The van der Waals surface area contributed by atoms with E-state index >= 15 is 0 Å². The maximum absolute atomic E-state index is 11.5. The standard InChI is InChI=1S/C25H40O3/c1-2-18-24(26)28-25(27)22-17-12-10-8-6-4-3-5-7-9-11-14-19-23-20-15-13-16-21-23/h13,15-16,20-21H,2-12,14,17-19,22H2,1H3. The van der Waals surface area contributed by atoms with Crippen molar-refractivity contribution in [1.82, 2.24) is 0 Å². The fraction of sp³-hybridized carbons (Fsp3) is 0.680. The van der Waals surface area contributed by atoms with Gasteiger partial charge in [-0.1, -0.05) is 101 Å². The van der Waals surface area contributed by atoms with Crippen molar-refractivity contribution in [3.05, 3.63) is 35.9 Å². The van der Waals surface area contributed by atoms with Crippen LogP contribution >= 0.6 is 0 Å². The number of esters is 2. The van der Waals surface area contributed by atoms with Crippen LogP contribution in [0.5, 0.6) is 0 Å². The van der Waals surface area contributed by atoms with Crippen molar-refractivity contribution >= 4 is 11.9 Å². The van der Waals surface area contributed by atoms with E-state index in [1.165, 1.54) is 76.2 Å². The Bertz CT molecular complexity index is 510. The Morgan fingerprint density at radius 3 is 1.64 bits per heavy atom. The van der Waals surface area contributed by atoms with Crippen LogP contribution in [0.25, 0.3) is 0 Å². The average Bonchev–Trinajstić information content (AvgIpc) is 2.69. The van der Waals surface area contributed by atoms with Crippen molar-refractivity contribution in [3.8, 4) is 0 Å². The Hall–Kier alpha value is -1.64. The summed E-state index contributed by atoms with van der Waals surface area (Å²) in [4.78, 5) is 22.7. The number of rotatable bonds is 17. The maximum Gasteiger partial charge on any atom is 0.313 e. The maximum atomic E-state index is 11.5. The zero-order valence-corrected chi connectivity index (χ0v) is 17.9. The summed E-state index contributed by atoms with van der Waals surface area (Å²) in [7, 11) is 0. The van der Waals surface area contributed by atoms with E-state index in [2.05, 4.69) is 30.3 Å². The van der Waals surface area contributed by atoms with Crippen molar-refractivity contribution in [2.45, 2.75) is 110 Å². The lowest BCUT2D eigenvalue weighted by Crippen LogP contribution is -2.11. The molecular formula is C25H40O3. The van der Waals surface area contributed by atoms with E-state index in [9.17, 15) is 9.59 Å². The van der Waals surface area contributed by atoms with E-state index in [1.54, 1.807) is 0 Å². The Kier molecular flexibility index (Phi) is 15.2. The second kappa shape index (κ2) is 17.5. The lowest BCUT2D eigenvalue weighted by molar-refractivity contribution is -0.159. The monoisotopic (exact) mass is 388 g/mol. The van der Waals surface area contributed by atoms with Gasteiger partial charge in [-0.3, -0.25) is 9.59 Å². The lowest BCUT2D eigenvalue weighted by atomic mass is 10.0. The van der Waals surface area contributed by atoms with Gasteiger partial charge in [0.1, 0.15) is 0 Å². The molecule has 1 aromatic carbocycles. The van der Waals surface area contributed by atoms with Gasteiger partial charge in [-0.25, -0.2) is 0 Å². The number of hydrogen-bond acceptors (Lipinski definition) is 3. The summed E-state index contributed by atoms with van der Waals surface area (Å²) in [6, 6.07) is 10.8. The fourth-order valence-corrected chi connectivity index (χ4v) is 3.44. The number of ether oxygens (including phenoxy) is 1. The highest BCUT2D eigenvalue weighted by atomic mass is 16.6. The minimum Gasteiger partial charge on any atom is -0.393 e. The molecule has 0 atom stereocenters. The molecule has 0 saturated carbocycles. The van der Waals surface area contributed by atoms with Crippen LogP contribution in [-0.4, -0.2) is 11.9 Å². The van der Waals surface area contributed by atoms with Gasteiger partial charge in [0.05, 0.1) is 0 Å². The molecule has 0 heterocycles. The Morgan fingerprint density at radius 2 is 1.11 bits per heavy atom. The quantitative estimate of drug-likeness (QED) is 0.161. The van der Waals surface area contributed by atoms with E-state index in [1.807, 2.05) is 6.92 Å². The van der Waals surface area contributed by atoms with Gasteiger partial charge in [0.25, 0.3) is 0 Å². The topological polar surface area (TPSA) is 43.4 Å². The van der Waals surface area contributed by atoms with Crippen LogP contribution < -0.4 is 0 Å². The summed E-state index contributed by atoms with van der Waals surface area (Å²) in [6.07, 6.45) is 17.7. The highest BCUT2D eigenvalue weighted by Crippen LogP contribution is 2.14. The van der Waals surface area contributed by atoms with E-state index in [0.29, 0.717) is 12.8 Å². The molecule has 1 aromatic rings. The first kappa shape index (κ1) is 24.4. The third-order valence-corrected chi connectivity index (χ3v) is 5.12. The van der Waals surface area contributed by atoms with Crippen LogP contribution in [0.2, 0.25) is 0 Å². The zero-order chi connectivity index (χ0) is 20.3. The largest absolute Gasteiger partial charge is 0.393 e. The van der Waals surface area contributed by atoms with E-state index < -0.39 is 0 Å². The van der Waals surface area contributed by atoms with E-state index in [-0.39, 0.29) is 11.9 Å². The van der Waals surface area contributed by atoms with Crippen molar-refractivity contribution in [2.24, 2.45) is 0 Å². The fourth-order valence-electron chi connectivity index (χ4n) is 3.44. The molecule has 0 unspecified atom stereocenters. The number of unbranched alkanes of at least 4 members (excludes halogenated alkanes) is 11. The van der Waals surface area contributed by atoms with Gasteiger partial charge in [-0.05, 0) is 31.2 Å². The molecule has 0 radical (unpaired) electrons. The number of carbonyl (C=O) groups excluding carboxylic acids is 2. The molecule has 0 aliphatic heterocycles. The number of benzene rings is 1.